The first-order valence-electron chi connectivity index (χ1n) is 11.4. The maximum atomic E-state index is 14.3. The molecule has 0 radical (unpaired) electrons. The van der Waals surface area contributed by atoms with E-state index in [4.69, 9.17) is 30.9 Å². The van der Waals surface area contributed by atoms with Crippen molar-refractivity contribution in [3.8, 4) is 0 Å². The maximum absolute atomic E-state index is 14.3. The van der Waals surface area contributed by atoms with Gasteiger partial charge in [-0.2, -0.15) is 5.10 Å². The number of aliphatic hydroxyl groups is 2. The SMILES string of the molecule is C[C@H](Nc1cc(Cl)nc2c1cnn2[C@@H]1O[C@H](OCCOP(=O)(O)CP(=O)(O)O)[C@@H](O)[C@H]1O)c1ccccc1F. The Bertz CT molecular complexity index is 1420. The molecule has 1 aliphatic heterocycles. The van der Waals surface area contributed by atoms with Crippen LogP contribution in [0.3, 0.4) is 0 Å². The standard InChI is InChI=1S/C21H26ClFN4O10P2/c1-11(12-4-2-3-5-14(12)23)25-15-8-16(22)26-19-13(15)9-24-27(19)20-17(28)18(29)21(37-20)35-6-7-36-39(33,34)10-38(30,31)32/h2-5,8-9,11,17-18,20-21,28-29H,6-7,10H2,1H3,(H,25,26)(H,33,34)(H2,30,31,32)/t11-,17+,18-,20+,21-/m0/s1. The van der Waals surface area contributed by atoms with Crippen molar-refractivity contribution in [1.82, 2.24) is 14.8 Å². The fourth-order valence-electron chi connectivity index (χ4n) is 4.02. The first-order valence-corrected chi connectivity index (χ1v) is 15.4. The van der Waals surface area contributed by atoms with Crippen LogP contribution in [0.1, 0.15) is 24.8 Å². The van der Waals surface area contributed by atoms with E-state index in [0.717, 1.165) is 0 Å². The predicted octanol–water partition coefficient (Wildman–Crippen LogP) is 2.33. The largest absolute Gasteiger partial charge is 0.385 e. The molecule has 0 amide bonds. The number of hydrogen-bond donors (Lipinski definition) is 6. The summed E-state index contributed by atoms with van der Waals surface area (Å²) in [5, 5.41) is 28.9. The molecule has 6 N–H and O–H groups in total. The molecule has 4 rings (SSSR count). The van der Waals surface area contributed by atoms with Gasteiger partial charge in [-0.05, 0) is 19.1 Å². The van der Waals surface area contributed by atoms with Gasteiger partial charge in [0.2, 0.25) is 0 Å². The lowest BCUT2D eigenvalue weighted by atomic mass is 10.1. The molecule has 6 atom stereocenters. The van der Waals surface area contributed by atoms with Crippen LogP contribution >= 0.6 is 26.8 Å². The fraction of sp³-hybridized carbons (Fsp3) is 0.429. The summed E-state index contributed by atoms with van der Waals surface area (Å²) in [5.41, 5.74) is 1.09. The molecule has 0 saturated carbocycles. The molecule has 1 unspecified atom stereocenters. The van der Waals surface area contributed by atoms with Crippen LogP contribution < -0.4 is 5.32 Å². The number of pyridine rings is 1. The molecule has 3 heterocycles. The molecule has 0 bridgehead atoms. The Kier molecular flexibility index (Phi) is 9.11. The molecule has 18 heteroatoms. The highest BCUT2D eigenvalue weighted by Gasteiger charge is 2.45. The van der Waals surface area contributed by atoms with Crippen molar-refractivity contribution >= 4 is 43.5 Å². The number of aliphatic hydroxyl groups excluding tert-OH is 2. The van der Waals surface area contributed by atoms with Crippen LogP contribution in [0.4, 0.5) is 10.1 Å². The van der Waals surface area contributed by atoms with Gasteiger partial charge in [0.05, 0.1) is 36.5 Å². The average Bonchev–Trinajstić information content (AvgIpc) is 3.36. The van der Waals surface area contributed by atoms with Gasteiger partial charge in [-0.3, -0.25) is 9.13 Å². The monoisotopic (exact) mass is 610 g/mol. The predicted molar refractivity (Wildman–Crippen MR) is 136 cm³/mol. The number of aromatic nitrogens is 3. The van der Waals surface area contributed by atoms with Crippen molar-refractivity contribution in [2.75, 3.05) is 24.4 Å². The first kappa shape index (κ1) is 30.0. The highest BCUT2D eigenvalue weighted by Crippen LogP contribution is 2.55. The highest BCUT2D eigenvalue weighted by atomic mass is 35.5. The summed E-state index contributed by atoms with van der Waals surface area (Å²) in [6.07, 6.45) is -4.36. The van der Waals surface area contributed by atoms with Crippen LogP contribution in [0.5, 0.6) is 0 Å². The Labute approximate surface area is 226 Å². The lowest BCUT2D eigenvalue weighted by Crippen LogP contribution is -2.33. The summed E-state index contributed by atoms with van der Waals surface area (Å²) in [4.78, 5) is 31.4. The Morgan fingerprint density at radius 3 is 2.62 bits per heavy atom. The van der Waals surface area contributed by atoms with E-state index in [1.165, 1.54) is 23.0 Å². The van der Waals surface area contributed by atoms with Crippen molar-refractivity contribution in [2.45, 2.75) is 37.7 Å². The molecule has 14 nitrogen and oxygen atoms in total. The van der Waals surface area contributed by atoms with Crippen molar-refractivity contribution in [1.29, 1.82) is 0 Å². The van der Waals surface area contributed by atoms with E-state index in [-0.39, 0.29) is 16.6 Å². The van der Waals surface area contributed by atoms with Crippen LogP contribution in [0.15, 0.2) is 36.5 Å². The number of rotatable bonds is 11. The number of hydrogen-bond acceptors (Lipinski definition) is 10. The Morgan fingerprint density at radius 2 is 1.92 bits per heavy atom. The Hall–Kier alpha value is -2.00. The Morgan fingerprint density at radius 1 is 1.21 bits per heavy atom. The molecule has 0 aliphatic carbocycles. The van der Waals surface area contributed by atoms with E-state index in [9.17, 15) is 28.6 Å². The van der Waals surface area contributed by atoms with E-state index in [1.54, 1.807) is 25.1 Å². The maximum Gasteiger partial charge on any atom is 0.340 e. The molecule has 2 aromatic heterocycles. The first-order chi connectivity index (χ1) is 18.3. The highest BCUT2D eigenvalue weighted by molar-refractivity contribution is 7.70. The van der Waals surface area contributed by atoms with Gasteiger partial charge in [0.15, 0.2) is 24.1 Å². The van der Waals surface area contributed by atoms with Crippen molar-refractivity contribution in [3.05, 3.63) is 53.1 Å². The molecule has 214 valence electrons. The normalized spacial score (nSPS) is 24.1. The molecule has 3 aromatic rings. The van der Waals surface area contributed by atoms with Gasteiger partial charge >= 0.3 is 15.2 Å². The van der Waals surface area contributed by atoms with Crippen molar-refractivity contribution < 1.29 is 52.4 Å². The number of ether oxygens (including phenoxy) is 2. The minimum Gasteiger partial charge on any atom is -0.385 e. The van der Waals surface area contributed by atoms with E-state index in [2.05, 4.69) is 19.9 Å². The lowest BCUT2D eigenvalue weighted by molar-refractivity contribution is -0.180. The zero-order valence-corrected chi connectivity index (χ0v) is 22.8. The van der Waals surface area contributed by atoms with Gasteiger partial charge in [0.25, 0.3) is 0 Å². The molecule has 1 fully saturated rings. The third kappa shape index (κ3) is 7.20. The number of nitrogens with zero attached hydrogens (tertiary/aromatic N) is 3. The molecule has 39 heavy (non-hydrogen) atoms. The molecule has 1 saturated heterocycles. The quantitative estimate of drug-likeness (QED) is 0.105. The summed E-state index contributed by atoms with van der Waals surface area (Å²) in [7, 11) is -9.37. The Balaban J connectivity index is 1.46. The summed E-state index contributed by atoms with van der Waals surface area (Å²) in [6.45, 7) is 0.785. The van der Waals surface area contributed by atoms with Crippen molar-refractivity contribution in [3.63, 3.8) is 0 Å². The summed E-state index contributed by atoms with van der Waals surface area (Å²) in [6, 6.07) is 7.36. The van der Waals surface area contributed by atoms with E-state index in [1.807, 2.05) is 0 Å². The van der Waals surface area contributed by atoms with Crippen LogP contribution in [-0.4, -0.2) is 77.3 Å². The van der Waals surface area contributed by atoms with Crippen LogP contribution in [0.25, 0.3) is 11.0 Å². The lowest BCUT2D eigenvalue weighted by Gasteiger charge is -2.18. The number of halogens is 2. The smallest absolute Gasteiger partial charge is 0.340 e. The molecule has 1 aliphatic rings. The molecule has 0 spiro atoms. The fourth-order valence-corrected chi connectivity index (χ4v) is 6.75. The van der Waals surface area contributed by atoms with Gasteiger partial charge in [0, 0.05) is 5.56 Å². The van der Waals surface area contributed by atoms with Gasteiger partial charge < -0.3 is 44.2 Å². The zero-order valence-electron chi connectivity index (χ0n) is 20.2. The minimum absolute atomic E-state index is 0.0641. The van der Waals surface area contributed by atoms with E-state index < -0.39 is 65.1 Å². The van der Waals surface area contributed by atoms with Gasteiger partial charge in [0.1, 0.15) is 23.2 Å². The van der Waals surface area contributed by atoms with E-state index in [0.29, 0.717) is 16.6 Å². The van der Waals surface area contributed by atoms with Crippen LogP contribution in [0.2, 0.25) is 5.15 Å². The molecular weight excluding hydrogens is 585 g/mol. The third-order valence-corrected chi connectivity index (χ3v) is 9.42. The number of fused-ring (bicyclic) bond motifs is 1. The second kappa shape index (κ2) is 11.9. The number of benzene rings is 1. The summed E-state index contributed by atoms with van der Waals surface area (Å²) in [5.74, 6) is -1.75. The van der Waals surface area contributed by atoms with Crippen LogP contribution in [0, 0.1) is 5.82 Å². The topological polar surface area (TPSA) is 206 Å². The molecule has 1 aromatic carbocycles. The second-order valence-electron chi connectivity index (χ2n) is 8.73. The van der Waals surface area contributed by atoms with Gasteiger partial charge in [-0.1, -0.05) is 29.8 Å². The van der Waals surface area contributed by atoms with Gasteiger partial charge in [-0.15, -0.1) is 0 Å². The summed E-state index contributed by atoms with van der Waals surface area (Å²) >= 11 is 6.23. The molecular formula is C21H26ClFN4O10P2. The second-order valence-corrected chi connectivity index (χ2v) is 13.1. The van der Waals surface area contributed by atoms with Crippen LogP contribution in [-0.2, 0) is 23.1 Å². The third-order valence-electron chi connectivity index (χ3n) is 5.74. The average molecular weight is 611 g/mol. The van der Waals surface area contributed by atoms with Crippen molar-refractivity contribution in [2.24, 2.45) is 0 Å². The van der Waals surface area contributed by atoms with E-state index >= 15 is 0 Å². The number of nitrogens with one attached hydrogen (secondary N) is 1. The minimum atomic E-state index is -4.79. The van der Waals surface area contributed by atoms with Gasteiger partial charge in [-0.25, -0.2) is 14.1 Å². The zero-order chi connectivity index (χ0) is 28.5. The summed E-state index contributed by atoms with van der Waals surface area (Å²) < 4.78 is 53.6. The number of anilines is 1.